The lowest BCUT2D eigenvalue weighted by Crippen LogP contribution is -2.38. The molecule has 0 aliphatic carbocycles. The first-order chi connectivity index (χ1) is 9.43. The van der Waals surface area contributed by atoms with Crippen LogP contribution in [-0.4, -0.2) is 37.0 Å². The first kappa shape index (κ1) is 16.0. The van der Waals surface area contributed by atoms with Crippen molar-refractivity contribution in [3.63, 3.8) is 0 Å². The zero-order chi connectivity index (χ0) is 15.1. The Hall–Kier alpha value is -2.08. The highest BCUT2D eigenvalue weighted by molar-refractivity contribution is 5.91. The van der Waals surface area contributed by atoms with Crippen molar-refractivity contribution in [2.75, 3.05) is 25.5 Å². The fourth-order valence-electron chi connectivity index (χ4n) is 1.83. The first-order valence-corrected chi connectivity index (χ1v) is 6.57. The average Bonchev–Trinajstić information content (AvgIpc) is 2.38. The molecule has 0 fully saturated rings. The number of nitrogens with one attached hydrogen (secondary N) is 2. The Bertz CT molecular complexity index is 476. The maximum Gasteiger partial charge on any atom is 0.322 e. The molecule has 0 saturated carbocycles. The van der Waals surface area contributed by atoms with Crippen LogP contribution in [0.2, 0.25) is 0 Å². The summed E-state index contributed by atoms with van der Waals surface area (Å²) in [4.78, 5) is 23.9. The summed E-state index contributed by atoms with van der Waals surface area (Å²) in [7, 11) is 1.52. The van der Waals surface area contributed by atoms with E-state index in [1.165, 1.54) is 11.9 Å². The van der Waals surface area contributed by atoms with Gasteiger partial charge in [-0.2, -0.15) is 0 Å². The molecule has 6 nitrogen and oxygen atoms in total. The fraction of sp³-hybridized carbons (Fsp3) is 0.429. The highest BCUT2D eigenvalue weighted by atomic mass is 16.2. The number of hydrogen-bond acceptors (Lipinski definition) is 3. The van der Waals surface area contributed by atoms with Crippen LogP contribution in [0.1, 0.15) is 25.5 Å². The topological polar surface area (TPSA) is 87.5 Å². The number of nitrogens with two attached hydrogens (primary N) is 1. The largest absolute Gasteiger partial charge is 0.368 e. The molecular formula is C14H22N4O2. The molecule has 0 radical (unpaired) electrons. The molecule has 1 unspecified atom stereocenters. The molecule has 1 rings (SSSR count). The van der Waals surface area contributed by atoms with Crippen molar-refractivity contribution in [2.24, 2.45) is 5.73 Å². The maximum atomic E-state index is 11.8. The van der Waals surface area contributed by atoms with Crippen molar-refractivity contribution in [1.29, 1.82) is 0 Å². The summed E-state index contributed by atoms with van der Waals surface area (Å²) in [5, 5.41) is 6.04. The van der Waals surface area contributed by atoms with Crippen LogP contribution in [0.5, 0.6) is 0 Å². The van der Waals surface area contributed by atoms with Gasteiger partial charge in [-0.15, -0.1) is 0 Å². The van der Waals surface area contributed by atoms with E-state index in [2.05, 4.69) is 17.6 Å². The Balaban J connectivity index is 2.70. The van der Waals surface area contributed by atoms with E-state index in [-0.39, 0.29) is 18.6 Å². The lowest BCUT2D eigenvalue weighted by molar-refractivity contribution is -0.118. The minimum Gasteiger partial charge on any atom is -0.368 e. The number of carbonyl (C=O) groups excluding carboxylic acids is 2. The number of anilines is 1. The summed E-state index contributed by atoms with van der Waals surface area (Å²) in [5.74, 6) is -0.544. The molecule has 0 saturated heterocycles. The van der Waals surface area contributed by atoms with Crippen LogP contribution in [0.4, 0.5) is 10.5 Å². The lowest BCUT2D eigenvalue weighted by atomic mass is 10.1. The number of benzene rings is 1. The van der Waals surface area contributed by atoms with Gasteiger partial charge in [0.25, 0.3) is 0 Å². The average molecular weight is 278 g/mol. The van der Waals surface area contributed by atoms with Crippen LogP contribution in [0.25, 0.3) is 0 Å². The van der Waals surface area contributed by atoms with Gasteiger partial charge in [0.05, 0.1) is 0 Å². The van der Waals surface area contributed by atoms with Gasteiger partial charge in [0.15, 0.2) is 0 Å². The molecule has 0 aromatic heterocycles. The van der Waals surface area contributed by atoms with Gasteiger partial charge in [0.2, 0.25) is 5.91 Å². The molecule has 0 aliphatic heterocycles. The fourth-order valence-corrected chi connectivity index (χ4v) is 1.83. The number of urea groups is 1. The van der Waals surface area contributed by atoms with Gasteiger partial charge < -0.3 is 21.3 Å². The Kier molecular flexibility index (Phi) is 5.99. The van der Waals surface area contributed by atoms with Gasteiger partial charge in [0.1, 0.15) is 6.54 Å². The van der Waals surface area contributed by atoms with Gasteiger partial charge in [-0.3, -0.25) is 4.79 Å². The van der Waals surface area contributed by atoms with E-state index in [1.807, 2.05) is 25.1 Å². The molecule has 6 heteroatoms. The van der Waals surface area contributed by atoms with Crippen molar-refractivity contribution in [1.82, 2.24) is 10.2 Å². The van der Waals surface area contributed by atoms with Crippen molar-refractivity contribution in [2.45, 2.75) is 19.9 Å². The van der Waals surface area contributed by atoms with Crippen molar-refractivity contribution in [3.8, 4) is 0 Å². The summed E-state index contributed by atoms with van der Waals surface area (Å²) in [5.41, 5.74) is 6.83. The van der Waals surface area contributed by atoms with Gasteiger partial charge in [0, 0.05) is 18.8 Å². The molecule has 0 aliphatic rings. The number of amides is 3. The van der Waals surface area contributed by atoms with Gasteiger partial charge in [-0.05, 0) is 31.2 Å². The van der Waals surface area contributed by atoms with Crippen LogP contribution in [-0.2, 0) is 4.79 Å². The highest BCUT2D eigenvalue weighted by Crippen LogP contribution is 2.17. The summed E-state index contributed by atoms with van der Waals surface area (Å²) in [6.45, 7) is 4.86. The van der Waals surface area contributed by atoms with Crippen molar-refractivity contribution in [3.05, 3.63) is 29.8 Å². The second kappa shape index (κ2) is 7.49. The van der Waals surface area contributed by atoms with E-state index in [0.717, 1.165) is 12.1 Å². The minimum atomic E-state index is -0.544. The van der Waals surface area contributed by atoms with E-state index in [4.69, 9.17) is 5.73 Å². The third-order valence-corrected chi connectivity index (χ3v) is 2.89. The first-order valence-electron chi connectivity index (χ1n) is 6.57. The second-order valence-corrected chi connectivity index (χ2v) is 4.66. The Labute approximate surface area is 119 Å². The molecular weight excluding hydrogens is 256 g/mol. The summed E-state index contributed by atoms with van der Waals surface area (Å²) >= 11 is 0. The van der Waals surface area contributed by atoms with Crippen LogP contribution < -0.4 is 16.4 Å². The third-order valence-electron chi connectivity index (χ3n) is 2.89. The number of rotatable bonds is 6. The highest BCUT2D eigenvalue weighted by Gasteiger charge is 2.11. The van der Waals surface area contributed by atoms with Crippen LogP contribution in [0.15, 0.2) is 24.3 Å². The maximum absolute atomic E-state index is 11.8. The number of likely N-dealkylation sites (N-methyl/N-ethyl adjacent to an activating group) is 1. The Morgan fingerprint density at radius 2 is 2.10 bits per heavy atom. The van der Waals surface area contributed by atoms with Crippen LogP contribution >= 0.6 is 0 Å². The zero-order valence-electron chi connectivity index (χ0n) is 12.1. The van der Waals surface area contributed by atoms with E-state index in [0.29, 0.717) is 5.69 Å². The molecule has 0 bridgehead atoms. The molecule has 1 aromatic rings. The molecule has 4 N–H and O–H groups in total. The van der Waals surface area contributed by atoms with Crippen molar-refractivity contribution < 1.29 is 9.59 Å². The molecule has 3 amide bonds. The molecule has 0 heterocycles. The minimum absolute atomic E-state index is 0.112. The van der Waals surface area contributed by atoms with E-state index in [1.54, 1.807) is 6.07 Å². The SMILES string of the molecule is CCNC(C)c1cccc(NC(=O)N(C)CC(N)=O)c1. The van der Waals surface area contributed by atoms with E-state index >= 15 is 0 Å². The standard InChI is InChI=1S/C14H22N4O2/c1-4-16-10(2)11-6-5-7-12(8-11)17-14(20)18(3)9-13(15)19/h5-8,10,16H,4,9H2,1-3H3,(H2,15,19)(H,17,20). The number of primary amides is 1. The smallest absolute Gasteiger partial charge is 0.322 e. The number of nitrogens with zero attached hydrogens (tertiary/aromatic N) is 1. The van der Waals surface area contributed by atoms with Gasteiger partial charge in [-0.25, -0.2) is 4.79 Å². The molecule has 0 spiro atoms. The summed E-state index contributed by atoms with van der Waals surface area (Å²) < 4.78 is 0. The third kappa shape index (κ3) is 4.89. The lowest BCUT2D eigenvalue weighted by Gasteiger charge is -2.17. The quantitative estimate of drug-likeness (QED) is 0.733. The number of hydrogen-bond donors (Lipinski definition) is 3. The second-order valence-electron chi connectivity index (χ2n) is 4.66. The van der Waals surface area contributed by atoms with Crippen LogP contribution in [0.3, 0.4) is 0 Å². The molecule has 1 atom stereocenters. The van der Waals surface area contributed by atoms with Gasteiger partial charge in [-0.1, -0.05) is 19.1 Å². The normalized spacial score (nSPS) is 11.8. The zero-order valence-corrected chi connectivity index (χ0v) is 12.1. The molecule has 20 heavy (non-hydrogen) atoms. The summed E-state index contributed by atoms with van der Waals surface area (Å²) in [6.07, 6.45) is 0. The Morgan fingerprint density at radius 3 is 2.70 bits per heavy atom. The monoisotopic (exact) mass is 278 g/mol. The molecule has 110 valence electrons. The van der Waals surface area contributed by atoms with Crippen LogP contribution in [0, 0.1) is 0 Å². The van der Waals surface area contributed by atoms with Crippen molar-refractivity contribution >= 4 is 17.6 Å². The summed E-state index contributed by atoms with van der Waals surface area (Å²) in [6, 6.07) is 7.43. The number of carbonyl (C=O) groups is 2. The van der Waals surface area contributed by atoms with E-state index < -0.39 is 5.91 Å². The van der Waals surface area contributed by atoms with E-state index in [9.17, 15) is 9.59 Å². The predicted molar refractivity (Wildman–Crippen MR) is 79.4 cm³/mol. The predicted octanol–water partition coefficient (Wildman–Crippen LogP) is 1.31. The van der Waals surface area contributed by atoms with Gasteiger partial charge >= 0.3 is 6.03 Å². The molecule has 1 aromatic carbocycles. The Morgan fingerprint density at radius 1 is 1.40 bits per heavy atom.